The third-order valence-corrected chi connectivity index (χ3v) is 3.12. The van der Waals surface area contributed by atoms with Crippen LogP contribution in [-0.4, -0.2) is 42.2 Å². The molecular formula is C16H20N2O2. The van der Waals surface area contributed by atoms with Gasteiger partial charge in [-0.15, -0.1) is 0 Å². The summed E-state index contributed by atoms with van der Waals surface area (Å²) in [7, 11) is 1.92. The zero-order chi connectivity index (χ0) is 14.4. The summed E-state index contributed by atoms with van der Waals surface area (Å²) in [6, 6.07) is 8.20. The molecule has 1 saturated carbocycles. The molecule has 1 aromatic rings. The van der Waals surface area contributed by atoms with Crippen molar-refractivity contribution in [2.45, 2.75) is 25.4 Å². The second-order valence-corrected chi connectivity index (χ2v) is 5.13. The van der Waals surface area contributed by atoms with Crippen LogP contribution in [0.3, 0.4) is 0 Å². The molecule has 4 heteroatoms. The van der Waals surface area contributed by atoms with Gasteiger partial charge in [0.2, 0.25) is 5.91 Å². The Morgan fingerprint density at radius 2 is 2.20 bits per heavy atom. The summed E-state index contributed by atoms with van der Waals surface area (Å²) in [5.41, 5.74) is 1.96. The minimum atomic E-state index is -0.145. The maximum Gasteiger partial charge on any atom is 0.234 e. The van der Waals surface area contributed by atoms with Crippen molar-refractivity contribution in [3.8, 4) is 11.8 Å². The number of aliphatic hydroxyl groups is 1. The quantitative estimate of drug-likeness (QED) is 0.777. The number of likely N-dealkylation sites (N-methyl/N-ethyl adjacent to an activating group) is 1. The number of rotatable bonds is 5. The Morgan fingerprint density at radius 1 is 1.45 bits per heavy atom. The van der Waals surface area contributed by atoms with Gasteiger partial charge in [-0.1, -0.05) is 30.0 Å². The van der Waals surface area contributed by atoms with Gasteiger partial charge in [0.25, 0.3) is 0 Å². The van der Waals surface area contributed by atoms with Gasteiger partial charge in [-0.25, -0.2) is 0 Å². The zero-order valence-corrected chi connectivity index (χ0v) is 11.7. The first-order valence-corrected chi connectivity index (χ1v) is 6.84. The first-order chi connectivity index (χ1) is 9.69. The van der Waals surface area contributed by atoms with Crippen molar-refractivity contribution in [2.75, 3.05) is 20.2 Å². The molecule has 1 aliphatic rings. The number of hydrogen-bond donors (Lipinski definition) is 2. The maximum absolute atomic E-state index is 11.7. The molecule has 0 atom stereocenters. The van der Waals surface area contributed by atoms with E-state index in [9.17, 15) is 4.79 Å². The van der Waals surface area contributed by atoms with Crippen LogP contribution in [0.5, 0.6) is 0 Å². The molecule has 4 nitrogen and oxygen atoms in total. The molecule has 1 amide bonds. The van der Waals surface area contributed by atoms with Gasteiger partial charge in [0.05, 0.1) is 6.54 Å². The van der Waals surface area contributed by atoms with Gasteiger partial charge in [-0.2, -0.15) is 0 Å². The topological polar surface area (TPSA) is 52.6 Å². The summed E-state index contributed by atoms with van der Waals surface area (Å²) in [6.07, 6.45) is 2.21. The summed E-state index contributed by atoms with van der Waals surface area (Å²) >= 11 is 0. The van der Waals surface area contributed by atoms with Gasteiger partial charge in [0.1, 0.15) is 6.61 Å². The fourth-order valence-electron chi connectivity index (χ4n) is 2.01. The number of aliphatic hydroxyl groups excluding tert-OH is 1. The second-order valence-electron chi connectivity index (χ2n) is 5.13. The predicted molar refractivity (Wildman–Crippen MR) is 77.9 cm³/mol. The van der Waals surface area contributed by atoms with Crippen molar-refractivity contribution in [2.24, 2.45) is 0 Å². The lowest BCUT2D eigenvalue weighted by Crippen LogP contribution is -2.36. The molecule has 20 heavy (non-hydrogen) atoms. The summed E-state index contributed by atoms with van der Waals surface area (Å²) in [4.78, 5) is 13.7. The summed E-state index contributed by atoms with van der Waals surface area (Å²) in [6.45, 7) is 0.903. The Morgan fingerprint density at radius 3 is 2.90 bits per heavy atom. The molecular weight excluding hydrogens is 252 g/mol. The standard InChI is InChI=1S/C16H20N2O2/c1-18(12-16(20)17-15-8-9-15)11-14-6-3-2-5-13(14)7-4-10-19/h2-3,5-6,15,19H,8-12H2,1H3,(H,17,20). The minimum absolute atomic E-state index is 0.0777. The monoisotopic (exact) mass is 272 g/mol. The minimum Gasteiger partial charge on any atom is -0.384 e. The molecule has 0 radical (unpaired) electrons. The van der Waals surface area contributed by atoms with E-state index in [0.29, 0.717) is 19.1 Å². The van der Waals surface area contributed by atoms with Crippen LogP contribution in [0.25, 0.3) is 0 Å². The van der Waals surface area contributed by atoms with E-state index in [1.54, 1.807) is 0 Å². The lowest BCUT2D eigenvalue weighted by Gasteiger charge is -2.17. The van der Waals surface area contributed by atoms with Crippen LogP contribution in [0.15, 0.2) is 24.3 Å². The van der Waals surface area contributed by atoms with Crippen LogP contribution in [0.2, 0.25) is 0 Å². The Balaban J connectivity index is 1.92. The number of amides is 1. The van der Waals surface area contributed by atoms with Crippen LogP contribution < -0.4 is 5.32 Å². The van der Waals surface area contributed by atoms with Crippen molar-refractivity contribution in [3.63, 3.8) is 0 Å². The Hall–Kier alpha value is -1.83. The third kappa shape index (κ3) is 4.69. The Bertz CT molecular complexity index is 527. The molecule has 0 unspecified atom stereocenters. The largest absolute Gasteiger partial charge is 0.384 e. The number of benzene rings is 1. The van der Waals surface area contributed by atoms with Crippen molar-refractivity contribution in [1.82, 2.24) is 10.2 Å². The number of nitrogens with one attached hydrogen (secondary N) is 1. The van der Waals surface area contributed by atoms with Crippen molar-refractivity contribution in [1.29, 1.82) is 0 Å². The van der Waals surface area contributed by atoms with Crippen LogP contribution in [0, 0.1) is 11.8 Å². The van der Waals surface area contributed by atoms with Crippen molar-refractivity contribution >= 4 is 5.91 Å². The van der Waals surface area contributed by atoms with Crippen LogP contribution in [0.1, 0.15) is 24.0 Å². The molecule has 0 spiro atoms. The maximum atomic E-state index is 11.7. The summed E-state index contributed by atoms with van der Waals surface area (Å²) in [5.74, 6) is 5.68. The lowest BCUT2D eigenvalue weighted by molar-refractivity contribution is -0.122. The second kappa shape index (κ2) is 7.09. The fourth-order valence-corrected chi connectivity index (χ4v) is 2.01. The van der Waals surface area contributed by atoms with Gasteiger partial charge >= 0.3 is 0 Å². The number of carbonyl (C=O) groups is 1. The van der Waals surface area contributed by atoms with Crippen LogP contribution >= 0.6 is 0 Å². The van der Waals surface area contributed by atoms with E-state index in [1.807, 2.05) is 36.2 Å². The number of nitrogens with zero attached hydrogens (tertiary/aromatic N) is 1. The van der Waals surface area contributed by atoms with Crippen LogP contribution in [0.4, 0.5) is 0 Å². The Labute approximate surface area is 119 Å². The first-order valence-electron chi connectivity index (χ1n) is 6.84. The molecule has 0 bridgehead atoms. The fraction of sp³-hybridized carbons (Fsp3) is 0.438. The normalized spacial score (nSPS) is 13.8. The van der Waals surface area contributed by atoms with Gasteiger partial charge in [0, 0.05) is 18.2 Å². The highest BCUT2D eigenvalue weighted by molar-refractivity contribution is 5.78. The molecule has 2 N–H and O–H groups in total. The highest BCUT2D eigenvalue weighted by Crippen LogP contribution is 2.18. The smallest absolute Gasteiger partial charge is 0.234 e. The SMILES string of the molecule is CN(CC(=O)NC1CC1)Cc1ccccc1C#CCO. The number of carbonyl (C=O) groups excluding carboxylic acids is 1. The van der Waals surface area contributed by atoms with Gasteiger partial charge < -0.3 is 10.4 Å². The van der Waals surface area contributed by atoms with Gasteiger partial charge in [-0.3, -0.25) is 9.69 Å². The average molecular weight is 272 g/mol. The van der Waals surface area contributed by atoms with E-state index >= 15 is 0 Å². The Kier molecular flexibility index (Phi) is 5.16. The lowest BCUT2D eigenvalue weighted by atomic mass is 10.1. The average Bonchev–Trinajstić information content (AvgIpc) is 3.21. The van der Waals surface area contributed by atoms with E-state index in [0.717, 1.165) is 24.0 Å². The zero-order valence-electron chi connectivity index (χ0n) is 11.7. The highest BCUT2D eigenvalue weighted by atomic mass is 16.2. The summed E-state index contributed by atoms with van der Waals surface area (Å²) < 4.78 is 0. The van der Waals surface area contributed by atoms with E-state index < -0.39 is 0 Å². The van der Waals surface area contributed by atoms with E-state index in [-0.39, 0.29) is 12.5 Å². The van der Waals surface area contributed by atoms with Crippen LogP contribution in [-0.2, 0) is 11.3 Å². The molecule has 0 heterocycles. The summed E-state index contributed by atoms with van der Waals surface area (Å²) in [5, 5.41) is 11.7. The molecule has 1 fully saturated rings. The molecule has 0 aliphatic heterocycles. The number of hydrogen-bond acceptors (Lipinski definition) is 3. The molecule has 1 aliphatic carbocycles. The molecule has 0 saturated heterocycles. The highest BCUT2D eigenvalue weighted by Gasteiger charge is 2.23. The van der Waals surface area contributed by atoms with E-state index in [1.165, 1.54) is 0 Å². The molecule has 0 aromatic heterocycles. The molecule has 2 rings (SSSR count). The van der Waals surface area contributed by atoms with Crippen molar-refractivity contribution < 1.29 is 9.90 Å². The molecule has 1 aromatic carbocycles. The van der Waals surface area contributed by atoms with E-state index in [2.05, 4.69) is 17.2 Å². The third-order valence-electron chi connectivity index (χ3n) is 3.12. The predicted octanol–water partition coefficient (Wildman–Crippen LogP) is 0.741. The molecule has 106 valence electrons. The van der Waals surface area contributed by atoms with Gasteiger partial charge in [0.15, 0.2) is 0 Å². The van der Waals surface area contributed by atoms with Crippen molar-refractivity contribution in [3.05, 3.63) is 35.4 Å². The van der Waals surface area contributed by atoms with Gasteiger partial charge in [-0.05, 0) is 31.5 Å². The van der Waals surface area contributed by atoms with E-state index in [4.69, 9.17) is 5.11 Å². The first kappa shape index (κ1) is 14.6.